The summed E-state index contributed by atoms with van der Waals surface area (Å²) in [5.41, 5.74) is 4.80. The normalized spacial score (nSPS) is 10.8. The van der Waals surface area contributed by atoms with E-state index in [0.29, 0.717) is 11.4 Å². The molecule has 0 saturated carbocycles. The fourth-order valence-corrected chi connectivity index (χ4v) is 0.912. The SMILES string of the molecule is CC(C)(O)CNc1nc(N)ncc1C#N. The zero-order valence-electron chi connectivity index (χ0n) is 8.65. The molecule has 15 heavy (non-hydrogen) atoms. The predicted molar refractivity (Wildman–Crippen MR) is 55.9 cm³/mol. The molecule has 6 nitrogen and oxygen atoms in total. The maximum atomic E-state index is 9.49. The van der Waals surface area contributed by atoms with Crippen LogP contribution in [-0.4, -0.2) is 27.2 Å². The minimum absolute atomic E-state index is 0.0900. The van der Waals surface area contributed by atoms with Crippen molar-refractivity contribution in [3.63, 3.8) is 0 Å². The van der Waals surface area contributed by atoms with Gasteiger partial charge in [0.15, 0.2) is 0 Å². The van der Waals surface area contributed by atoms with Gasteiger partial charge in [-0.05, 0) is 13.8 Å². The minimum Gasteiger partial charge on any atom is -0.389 e. The Kier molecular flexibility index (Phi) is 3.07. The van der Waals surface area contributed by atoms with E-state index in [-0.39, 0.29) is 12.5 Å². The molecule has 0 aliphatic carbocycles. The lowest BCUT2D eigenvalue weighted by molar-refractivity contribution is 0.0944. The number of aliphatic hydroxyl groups is 1. The Morgan fingerprint density at radius 2 is 2.33 bits per heavy atom. The number of nitrogens with one attached hydrogen (secondary N) is 1. The highest BCUT2D eigenvalue weighted by Crippen LogP contribution is 2.12. The number of rotatable bonds is 3. The van der Waals surface area contributed by atoms with Gasteiger partial charge in [-0.15, -0.1) is 0 Å². The highest BCUT2D eigenvalue weighted by Gasteiger charge is 2.13. The zero-order valence-corrected chi connectivity index (χ0v) is 8.65. The van der Waals surface area contributed by atoms with E-state index >= 15 is 0 Å². The molecule has 0 bridgehead atoms. The van der Waals surface area contributed by atoms with Gasteiger partial charge >= 0.3 is 0 Å². The number of hydrogen-bond acceptors (Lipinski definition) is 6. The molecular formula is C9H13N5O. The molecule has 0 spiro atoms. The van der Waals surface area contributed by atoms with Crippen LogP contribution in [0.15, 0.2) is 6.20 Å². The quantitative estimate of drug-likeness (QED) is 0.649. The highest BCUT2D eigenvalue weighted by atomic mass is 16.3. The summed E-state index contributed by atoms with van der Waals surface area (Å²) in [5, 5.41) is 21.1. The van der Waals surface area contributed by atoms with Gasteiger partial charge in [0, 0.05) is 6.54 Å². The van der Waals surface area contributed by atoms with Gasteiger partial charge in [0.25, 0.3) is 0 Å². The third kappa shape index (κ3) is 3.40. The Balaban J connectivity index is 2.85. The van der Waals surface area contributed by atoms with E-state index in [2.05, 4.69) is 15.3 Å². The molecule has 0 amide bonds. The molecule has 0 aliphatic rings. The van der Waals surface area contributed by atoms with Crippen LogP contribution >= 0.6 is 0 Å². The van der Waals surface area contributed by atoms with Crippen molar-refractivity contribution < 1.29 is 5.11 Å². The molecule has 1 aromatic rings. The topological polar surface area (TPSA) is 108 Å². The lowest BCUT2D eigenvalue weighted by Gasteiger charge is -2.18. The third-order valence-electron chi connectivity index (χ3n) is 1.62. The smallest absolute Gasteiger partial charge is 0.222 e. The monoisotopic (exact) mass is 207 g/mol. The van der Waals surface area contributed by atoms with E-state index in [4.69, 9.17) is 11.0 Å². The van der Waals surface area contributed by atoms with E-state index < -0.39 is 5.60 Å². The second-order valence-electron chi connectivity index (χ2n) is 3.77. The molecule has 0 unspecified atom stereocenters. The molecule has 0 atom stereocenters. The van der Waals surface area contributed by atoms with E-state index in [1.54, 1.807) is 13.8 Å². The lowest BCUT2D eigenvalue weighted by Crippen LogP contribution is -2.30. The first-order chi connectivity index (χ1) is 6.92. The van der Waals surface area contributed by atoms with Crippen LogP contribution in [-0.2, 0) is 0 Å². The molecule has 0 fully saturated rings. The first-order valence-electron chi connectivity index (χ1n) is 4.41. The van der Waals surface area contributed by atoms with Gasteiger partial charge < -0.3 is 16.2 Å². The van der Waals surface area contributed by atoms with Crippen LogP contribution in [0.25, 0.3) is 0 Å². The summed E-state index contributed by atoms with van der Waals surface area (Å²) in [6.07, 6.45) is 1.34. The first kappa shape index (κ1) is 11.2. The number of aromatic nitrogens is 2. The van der Waals surface area contributed by atoms with Crippen LogP contribution in [0.3, 0.4) is 0 Å². The molecule has 0 aromatic carbocycles. The molecule has 6 heteroatoms. The number of nitrogens with zero attached hydrogens (tertiary/aromatic N) is 3. The molecule has 1 aromatic heterocycles. The molecule has 1 heterocycles. The Labute approximate surface area is 87.8 Å². The van der Waals surface area contributed by atoms with Crippen LogP contribution in [0.4, 0.5) is 11.8 Å². The molecule has 1 rings (SSSR count). The molecule has 0 aliphatic heterocycles. The summed E-state index contributed by atoms with van der Waals surface area (Å²) in [6.45, 7) is 3.57. The van der Waals surface area contributed by atoms with Crippen molar-refractivity contribution in [3.05, 3.63) is 11.8 Å². The molecule has 4 N–H and O–H groups in total. The van der Waals surface area contributed by atoms with Gasteiger partial charge in [0.1, 0.15) is 17.5 Å². The summed E-state index contributed by atoms with van der Waals surface area (Å²) in [7, 11) is 0. The van der Waals surface area contributed by atoms with Gasteiger partial charge in [0.05, 0.1) is 11.8 Å². The predicted octanol–water partition coefficient (Wildman–Crippen LogP) is 0.113. The number of nitrogen functional groups attached to an aromatic ring is 1. The van der Waals surface area contributed by atoms with Gasteiger partial charge in [-0.2, -0.15) is 10.2 Å². The Morgan fingerprint density at radius 1 is 1.67 bits per heavy atom. The van der Waals surface area contributed by atoms with Gasteiger partial charge in [-0.3, -0.25) is 0 Å². The van der Waals surface area contributed by atoms with E-state index in [9.17, 15) is 5.11 Å². The standard InChI is InChI=1S/C9H13N5O/c1-9(2,15)5-13-7-6(3-10)4-12-8(11)14-7/h4,15H,5H2,1-2H3,(H3,11,12,13,14). The average Bonchev–Trinajstić information content (AvgIpc) is 2.14. The molecule has 0 radical (unpaired) electrons. The van der Waals surface area contributed by atoms with Crippen molar-refractivity contribution in [3.8, 4) is 6.07 Å². The van der Waals surface area contributed by atoms with Crippen molar-refractivity contribution in [2.45, 2.75) is 19.4 Å². The lowest BCUT2D eigenvalue weighted by atomic mass is 10.1. The largest absolute Gasteiger partial charge is 0.389 e. The minimum atomic E-state index is -0.883. The summed E-state index contributed by atoms with van der Waals surface area (Å²) < 4.78 is 0. The summed E-state index contributed by atoms with van der Waals surface area (Å²) in [6, 6.07) is 1.93. The van der Waals surface area contributed by atoms with E-state index in [1.165, 1.54) is 6.20 Å². The Hall–Kier alpha value is -1.87. The fraction of sp³-hybridized carbons (Fsp3) is 0.444. The number of hydrogen-bond donors (Lipinski definition) is 3. The Bertz CT molecular complexity index is 390. The fourth-order valence-electron chi connectivity index (χ4n) is 0.912. The maximum Gasteiger partial charge on any atom is 0.222 e. The van der Waals surface area contributed by atoms with Crippen molar-refractivity contribution in [1.29, 1.82) is 5.26 Å². The van der Waals surface area contributed by atoms with Crippen LogP contribution < -0.4 is 11.1 Å². The molecular weight excluding hydrogens is 194 g/mol. The van der Waals surface area contributed by atoms with Crippen LogP contribution in [0.2, 0.25) is 0 Å². The maximum absolute atomic E-state index is 9.49. The third-order valence-corrected chi connectivity index (χ3v) is 1.62. The van der Waals surface area contributed by atoms with Crippen LogP contribution in [0, 0.1) is 11.3 Å². The summed E-state index contributed by atoms with van der Waals surface area (Å²) in [4.78, 5) is 7.57. The van der Waals surface area contributed by atoms with Gasteiger partial charge in [-0.25, -0.2) is 4.98 Å². The van der Waals surface area contributed by atoms with Gasteiger partial charge in [-0.1, -0.05) is 0 Å². The summed E-state index contributed by atoms with van der Waals surface area (Å²) in [5.74, 6) is 0.430. The van der Waals surface area contributed by atoms with E-state index in [1.807, 2.05) is 6.07 Å². The number of nitrogens with two attached hydrogens (primary N) is 1. The number of nitriles is 1. The Morgan fingerprint density at radius 3 is 2.87 bits per heavy atom. The highest BCUT2D eigenvalue weighted by molar-refractivity contribution is 5.52. The zero-order chi connectivity index (χ0) is 11.5. The second kappa shape index (κ2) is 4.11. The van der Waals surface area contributed by atoms with Crippen molar-refractivity contribution in [2.24, 2.45) is 0 Å². The summed E-state index contributed by atoms with van der Waals surface area (Å²) >= 11 is 0. The van der Waals surface area contributed by atoms with E-state index in [0.717, 1.165) is 0 Å². The van der Waals surface area contributed by atoms with Crippen molar-refractivity contribution >= 4 is 11.8 Å². The van der Waals surface area contributed by atoms with Gasteiger partial charge in [0.2, 0.25) is 5.95 Å². The molecule has 80 valence electrons. The average molecular weight is 207 g/mol. The first-order valence-corrected chi connectivity index (χ1v) is 4.41. The van der Waals surface area contributed by atoms with Crippen molar-refractivity contribution in [2.75, 3.05) is 17.6 Å². The van der Waals surface area contributed by atoms with Crippen molar-refractivity contribution in [1.82, 2.24) is 9.97 Å². The second-order valence-corrected chi connectivity index (χ2v) is 3.77. The van der Waals surface area contributed by atoms with Crippen LogP contribution in [0.5, 0.6) is 0 Å². The van der Waals surface area contributed by atoms with Crippen LogP contribution in [0.1, 0.15) is 19.4 Å². The number of anilines is 2. The molecule has 0 saturated heterocycles.